The fraction of sp³-hybridized carbons (Fsp3) is 0.778. The molecule has 0 aromatic carbocycles. The van der Waals surface area contributed by atoms with Gasteiger partial charge in [-0.3, -0.25) is 0 Å². The van der Waals surface area contributed by atoms with Crippen molar-refractivity contribution in [3.63, 3.8) is 0 Å². The molecule has 0 radical (unpaired) electrons. The zero-order chi connectivity index (χ0) is 6.97. The summed E-state index contributed by atoms with van der Waals surface area (Å²) in [5.41, 5.74) is 0. The molecule has 1 saturated carbocycles. The van der Waals surface area contributed by atoms with Crippen LogP contribution in [-0.4, -0.2) is 5.33 Å². The third-order valence-electron chi connectivity index (χ3n) is 2.91. The fourth-order valence-electron chi connectivity index (χ4n) is 2.23. The van der Waals surface area contributed by atoms with Gasteiger partial charge in [-0.05, 0) is 37.0 Å². The Morgan fingerprint density at radius 3 is 2.50 bits per heavy atom. The highest BCUT2D eigenvalue weighted by molar-refractivity contribution is 9.09. The van der Waals surface area contributed by atoms with E-state index in [-0.39, 0.29) is 0 Å². The van der Waals surface area contributed by atoms with E-state index in [1.807, 2.05) is 0 Å². The molecule has 10 heavy (non-hydrogen) atoms. The maximum absolute atomic E-state index is 3.58. The van der Waals surface area contributed by atoms with Gasteiger partial charge in [0.15, 0.2) is 0 Å². The van der Waals surface area contributed by atoms with Crippen molar-refractivity contribution in [3.05, 3.63) is 12.2 Å². The van der Waals surface area contributed by atoms with Gasteiger partial charge in [0.05, 0.1) is 0 Å². The molecule has 0 heterocycles. The Bertz CT molecular complexity index is 151. The number of halogens is 1. The number of hydrogen-bond acceptors (Lipinski definition) is 0. The van der Waals surface area contributed by atoms with Crippen molar-refractivity contribution in [2.24, 2.45) is 17.8 Å². The zero-order valence-electron chi connectivity index (χ0n) is 6.09. The highest BCUT2D eigenvalue weighted by atomic mass is 79.9. The molecule has 1 fully saturated rings. The SMILES string of the molecule is BrC[C@@H]1C[C@@H]2C=C[C@H]1CC2. The van der Waals surface area contributed by atoms with Gasteiger partial charge in [-0.25, -0.2) is 0 Å². The maximum Gasteiger partial charge on any atom is 0.00655 e. The van der Waals surface area contributed by atoms with E-state index in [4.69, 9.17) is 0 Å². The summed E-state index contributed by atoms with van der Waals surface area (Å²) in [6, 6.07) is 0. The summed E-state index contributed by atoms with van der Waals surface area (Å²) in [6.07, 6.45) is 9.19. The Kier molecular flexibility index (Phi) is 1.86. The second kappa shape index (κ2) is 2.69. The highest BCUT2D eigenvalue weighted by Gasteiger charge is 2.30. The maximum atomic E-state index is 3.58. The number of hydrogen-bond donors (Lipinski definition) is 0. The molecule has 56 valence electrons. The lowest BCUT2D eigenvalue weighted by Gasteiger charge is -2.37. The summed E-state index contributed by atoms with van der Waals surface area (Å²) in [5.74, 6) is 2.78. The number of fused-ring (bicyclic) bond motifs is 2. The molecule has 0 unspecified atom stereocenters. The minimum absolute atomic E-state index is 0.907. The largest absolute Gasteiger partial charge is 0.0925 e. The molecule has 0 amide bonds. The summed E-state index contributed by atoms with van der Waals surface area (Å²) >= 11 is 3.58. The van der Waals surface area contributed by atoms with Crippen LogP contribution in [0.5, 0.6) is 0 Å². The predicted molar refractivity (Wildman–Crippen MR) is 47.3 cm³/mol. The Morgan fingerprint density at radius 2 is 2.20 bits per heavy atom. The van der Waals surface area contributed by atoms with Crippen molar-refractivity contribution in [3.8, 4) is 0 Å². The van der Waals surface area contributed by atoms with Crippen LogP contribution in [0.1, 0.15) is 19.3 Å². The van der Waals surface area contributed by atoms with E-state index in [9.17, 15) is 0 Å². The normalized spacial score (nSPS) is 44.3. The summed E-state index contributed by atoms with van der Waals surface area (Å²) < 4.78 is 0. The first-order valence-corrected chi connectivity index (χ1v) is 5.26. The van der Waals surface area contributed by atoms with E-state index >= 15 is 0 Å². The summed E-state index contributed by atoms with van der Waals surface area (Å²) in [5, 5.41) is 1.21. The van der Waals surface area contributed by atoms with Gasteiger partial charge in [0.1, 0.15) is 0 Å². The number of alkyl halides is 1. The van der Waals surface area contributed by atoms with Crippen LogP contribution in [0.15, 0.2) is 12.2 Å². The molecule has 0 aliphatic heterocycles. The fourth-order valence-corrected chi connectivity index (χ4v) is 2.97. The molecular weight excluding hydrogens is 188 g/mol. The third-order valence-corrected chi connectivity index (χ3v) is 3.74. The van der Waals surface area contributed by atoms with Crippen LogP contribution >= 0.6 is 15.9 Å². The average molecular weight is 201 g/mol. The molecule has 0 nitrogen and oxygen atoms in total. The molecule has 3 aliphatic rings. The molecule has 0 aromatic heterocycles. The van der Waals surface area contributed by atoms with Crippen LogP contribution in [-0.2, 0) is 0 Å². The number of rotatable bonds is 1. The second-order valence-electron chi connectivity index (χ2n) is 3.54. The Labute approximate surface area is 70.8 Å². The van der Waals surface area contributed by atoms with Crippen LogP contribution in [0.4, 0.5) is 0 Å². The Hall–Kier alpha value is 0.220. The predicted octanol–water partition coefficient (Wildman–Crippen LogP) is 2.98. The van der Waals surface area contributed by atoms with E-state index in [1.165, 1.54) is 24.6 Å². The average Bonchev–Trinajstić information content (AvgIpc) is 2.06. The molecule has 3 atom stereocenters. The van der Waals surface area contributed by atoms with E-state index < -0.39 is 0 Å². The molecule has 3 rings (SSSR count). The first-order valence-electron chi connectivity index (χ1n) is 4.14. The topological polar surface area (TPSA) is 0 Å². The van der Waals surface area contributed by atoms with Crippen molar-refractivity contribution < 1.29 is 0 Å². The quantitative estimate of drug-likeness (QED) is 0.452. The number of allylic oxidation sites excluding steroid dienone is 2. The minimum Gasteiger partial charge on any atom is -0.0925 e. The van der Waals surface area contributed by atoms with Crippen LogP contribution < -0.4 is 0 Å². The van der Waals surface area contributed by atoms with Crippen molar-refractivity contribution in [1.29, 1.82) is 0 Å². The second-order valence-corrected chi connectivity index (χ2v) is 4.18. The first kappa shape index (κ1) is 6.90. The van der Waals surface area contributed by atoms with Crippen LogP contribution in [0.25, 0.3) is 0 Å². The van der Waals surface area contributed by atoms with Gasteiger partial charge in [-0.1, -0.05) is 28.1 Å². The van der Waals surface area contributed by atoms with Crippen LogP contribution in [0, 0.1) is 17.8 Å². The van der Waals surface area contributed by atoms with Gasteiger partial charge in [-0.15, -0.1) is 0 Å². The lowest BCUT2D eigenvalue weighted by atomic mass is 9.70. The van der Waals surface area contributed by atoms with Gasteiger partial charge in [0.25, 0.3) is 0 Å². The van der Waals surface area contributed by atoms with Crippen molar-refractivity contribution in [2.75, 3.05) is 5.33 Å². The molecule has 0 N–H and O–H groups in total. The molecule has 0 spiro atoms. The van der Waals surface area contributed by atoms with Gasteiger partial charge in [0.2, 0.25) is 0 Å². The zero-order valence-corrected chi connectivity index (χ0v) is 7.68. The van der Waals surface area contributed by atoms with Gasteiger partial charge in [0, 0.05) is 5.33 Å². The lowest BCUT2D eigenvalue weighted by Crippen LogP contribution is -2.27. The van der Waals surface area contributed by atoms with E-state index in [0.717, 1.165) is 17.8 Å². The molecule has 1 heteroatoms. The molecule has 0 aromatic rings. The first-order chi connectivity index (χ1) is 4.90. The Balaban J connectivity index is 2.11. The highest BCUT2D eigenvalue weighted by Crippen LogP contribution is 2.40. The summed E-state index contributed by atoms with van der Waals surface area (Å²) in [6.45, 7) is 0. The van der Waals surface area contributed by atoms with E-state index in [2.05, 4.69) is 28.1 Å². The lowest BCUT2D eigenvalue weighted by molar-refractivity contribution is 0.243. The summed E-state index contributed by atoms with van der Waals surface area (Å²) in [4.78, 5) is 0. The Morgan fingerprint density at radius 1 is 1.30 bits per heavy atom. The summed E-state index contributed by atoms with van der Waals surface area (Å²) in [7, 11) is 0. The van der Waals surface area contributed by atoms with E-state index in [1.54, 1.807) is 0 Å². The van der Waals surface area contributed by atoms with Crippen LogP contribution in [0.2, 0.25) is 0 Å². The van der Waals surface area contributed by atoms with Crippen molar-refractivity contribution in [1.82, 2.24) is 0 Å². The van der Waals surface area contributed by atoms with Gasteiger partial charge >= 0.3 is 0 Å². The molecular formula is C9H13Br. The van der Waals surface area contributed by atoms with Gasteiger partial charge < -0.3 is 0 Å². The van der Waals surface area contributed by atoms with Gasteiger partial charge in [-0.2, -0.15) is 0 Å². The monoisotopic (exact) mass is 200 g/mol. The van der Waals surface area contributed by atoms with Crippen molar-refractivity contribution in [2.45, 2.75) is 19.3 Å². The van der Waals surface area contributed by atoms with Crippen LogP contribution in [0.3, 0.4) is 0 Å². The van der Waals surface area contributed by atoms with E-state index in [0.29, 0.717) is 0 Å². The molecule has 2 bridgehead atoms. The third kappa shape index (κ3) is 1.05. The standard InChI is InChI=1S/C9H13Br/c10-6-9-5-7-1-3-8(9)4-2-7/h1,3,7-9H,2,4-6H2/t7-,8+,9+/m1/s1. The molecule has 3 aliphatic carbocycles. The van der Waals surface area contributed by atoms with Crippen molar-refractivity contribution >= 4 is 15.9 Å². The smallest absolute Gasteiger partial charge is 0.00655 e. The molecule has 0 saturated heterocycles. The minimum atomic E-state index is 0.907.